The highest BCUT2D eigenvalue weighted by molar-refractivity contribution is 5.83. The van der Waals surface area contributed by atoms with E-state index in [9.17, 15) is 9.59 Å². The van der Waals surface area contributed by atoms with Crippen molar-refractivity contribution in [3.8, 4) is 0 Å². The minimum atomic E-state index is -0.682. The lowest BCUT2D eigenvalue weighted by Crippen LogP contribution is -2.45. The van der Waals surface area contributed by atoms with Crippen LogP contribution >= 0.6 is 0 Å². The number of carbonyl (C=O) groups excluding carboxylic acids is 2. The molecule has 0 N–H and O–H groups in total. The Morgan fingerprint density at radius 2 is 2.05 bits per heavy atom. The molecule has 0 saturated carbocycles. The predicted molar refractivity (Wildman–Crippen MR) is 72.4 cm³/mol. The maximum atomic E-state index is 12.1. The number of benzene rings is 1. The van der Waals surface area contributed by atoms with Gasteiger partial charge in [0.25, 0.3) is 0 Å². The first-order valence-corrected chi connectivity index (χ1v) is 7.00. The molecule has 3 atom stereocenters. The Hall–Kier alpha value is -2.08. The third kappa shape index (κ3) is 2.85. The lowest BCUT2D eigenvalue weighted by atomic mass is 10.2. The van der Waals surface area contributed by atoms with Crippen molar-refractivity contribution in [2.75, 3.05) is 13.2 Å². The number of nitrogens with zero attached hydrogens (tertiary/aromatic N) is 1. The molecule has 112 valence electrons. The smallest absolute Gasteiger partial charge is 0.411 e. The standard InChI is InChI=1S/C15H17NO5/c1-2-19-14(17)12-13-11(21-13)8-16(12)15(18)20-9-10-6-4-3-5-7-10/h3-7,11-13H,2,8-9H2,1H3. The number of amides is 1. The third-order valence-electron chi connectivity index (χ3n) is 3.61. The summed E-state index contributed by atoms with van der Waals surface area (Å²) >= 11 is 0. The molecule has 0 aliphatic carbocycles. The minimum Gasteiger partial charge on any atom is -0.464 e. The fourth-order valence-corrected chi connectivity index (χ4v) is 2.55. The molecule has 2 aliphatic heterocycles. The first-order valence-electron chi connectivity index (χ1n) is 7.00. The van der Waals surface area contributed by atoms with Gasteiger partial charge >= 0.3 is 12.1 Å². The van der Waals surface area contributed by atoms with Crippen LogP contribution < -0.4 is 0 Å². The van der Waals surface area contributed by atoms with Gasteiger partial charge in [-0.05, 0) is 12.5 Å². The summed E-state index contributed by atoms with van der Waals surface area (Å²) in [6, 6.07) is 8.72. The lowest BCUT2D eigenvalue weighted by Gasteiger charge is -2.24. The SMILES string of the molecule is CCOC(=O)C1C2OC2CN1C(=O)OCc1ccccc1. The highest BCUT2D eigenvalue weighted by atomic mass is 16.6. The number of morpholine rings is 1. The van der Waals surface area contributed by atoms with Crippen molar-refractivity contribution in [2.45, 2.75) is 31.8 Å². The Bertz CT molecular complexity index is 532. The second-order valence-electron chi connectivity index (χ2n) is 5.03. The van der Waals surface area contributed by atoms with Gasteiger partial charge < -0.3 is 14.2 Å². The van der Waals surface area contributed by atoms with E-state index in [1.54, 1.807) is 6.92 Å². The number of fused-ring (bicyclic) bond motifs is 1. The molecule has 3 rings (SSSR count). The molecule has 2 fully saturated rings. The zero-order valence-corrected chi connectivity index (χ0v) is 11.7. The van der Waals surface area contributed by atoms with Gasteiger partial charge in [0.05, 0.1) is 13.2 Å². The summed E-state index contributed by atoms with van der Waals surface area (Å²) in [5.41, 5.74) is 0.902. The number of hydrogen-bond acceptors (Lipinski definition) is 5. The zero-order chi connectivity index (χ0) is 14.8. The summed E-state index contributed by atoms with van der Waals surface area (Å²) in [6.07, 6.45) is -0.815. The van der Waals surface area contributed by atoms with Crippen LogP contribution in [0.25, 0.3) is 0 Å². The molecule has 2 heterocycles. The molecule has 2 aliphatic rings. The number of hydrogen-bond donors (Lipinski definition) is 0. The summed E-state index contributed by atoms with van der Waals surface area (Å²) in [5.74, 6) is -0.431. The van der Waals surface area contributed by atoms with Crippen LogP contribution in [0.2, 0.25) is 0 Å². The number of epoxide rings is 1. The normalized spacial score (nSPS) is 26.1. The van der Waals surface area contributed by atoms with E-state index in [-0.39, 0.29) is 25.4 Å². The molecule has 6 nitrogen and oxygen atoms in total. The number of esters is 1. The number of rotatable bonds is 4. The Morgan fingerprint density at radius 3 is 2.76 bits per heavy atom. The van der Waals surface area contributed by atoms with E-state index in [0.29, 0.717) is 6.54 Å². The molecule has 0 spiro atoms. The number of ether oxygens (including phenoxy) is 3. The molecular formula is C15H17NO5. The molecule has 21 heavy (non-hydrogen) atoms. The van der Waals surface area contributed by atoms with Gasteiger partial charge in [0, 0.05) is 0 Å². The molecule has 0 bridgehead atoms. The van der Waals surface area contributed by atoms with Gasteiger partial charge in [-0.15, -0.1) is 0 Å². The summed E-state index contributed by atoms with van der Waals surface area (Å²) in [5, 5.41) is 0. The summed E-state index contributed by atoms with van der Waals surface area (Å²) in [6.45, 7) is 2.57. The molecule has 3 unspecified atom stereocenters. The monoisotopic (exact) mass is 291 g/mol. The van der Waals surface area contributed by atoms with Crippen molar-refractivity contribution in [3.63, 3.8) is 0 Å². The zero-order valence-electron chi connectivity index (χ0n) is 11.7. The second kappa shape index (κ2) is 5.73. The molecule has 1 aromatic carbocycles. The Labute approximate surface area is 122 Å². The van der Waals surface area contributed by atoms with E-state index in [4.69, 9.17) is 14.2 Å². The van der Waals surface area contributed by atoms with Crippen molar-refractivity contribution >= 4 is 12.1 Å². The van der Waals surface area contributed by atoms with Crippen molar-refractivity contribution in [1.82, 2.24) is 4.90 Å². The van der Waals surface area contributed by atoms with Crippen molar-refractivity contribution in [1.29, 1.82) is 0 Å². The summed E-state index contributed by atoms with van der Waals surface area (Å²) in [4.78, 5) is 25.5. The van der Waals surface area contributed by atoms with E-state index in [1.165, 1.54) is 4.90 Å². The molecule has 6 heteroatoms. The van der Waals surface area contributed by atoms with Crippen LogP contribution in [0.5, 0.6) is 0 Å². The van der Waals surface area contributed by atoms with Crippen LogP contribution in [0.4, 0.5) is 4.79 Å². The summed E-state index contributed by atoms with van der Waals surface area (Å²) < 4.78 is 15.6. The second-order valence-corrected chi connectivity index (χ2v) is 5.03. The van der Waals surface area contributed by atoms with Crippen LogP contribution in [0.3, 0.4) is 0 Å². The minimum absolute atomic E-state index is 0.0660. The maximum absolute atomic E-state index is 12.1. The third-order valence-corrected chi connectivity index (χ3v) is 3.61. The van der Waals surface area contributed by atoms with Gasteiger partial charge in [-0.2, -0.15) is 0 Å². The maximum Gasteiger partial charge on any atom is 0.411 e. The van der Waals surface area contributed by atoms with Gasteiger partial charge in [0.15, 0.2) is 6.04 Å². The molecule has 1 aromatic rings. The van der Waals surface area contributed by atoms with E-state index in [2.05, 4.69) is 0 Å². The first kappa shape index (κ1) is 13.9. The molecule has 2 saturated heterocycles. The van der Waals surface area contributed by atoms with Gasteiger partial charge in [-0.1, -0.05) is 30.3 Å². The largest absolute Gasteiger partial charge is 0.464 e. The average molecular weight is 291 g/mol. The molecule has 0 radical (unpaired) electrons. The van der Waals surface area contributed by atoms with E-state index in [1.807, 2.05) is 30.3 Å². The van der Waals surface area contributed by atoms with E-state index < -0.39 is 18.1 Å². The lowest BCUT2D eigenvalue weighted by molar-refractivity contribution is -0.149. The highest BCUT2D eigenvalue weighted by Gasteiger charge is 2.60. The van der Waals surface area contributed by atoms with Crippen LogP contribution in [-0.2, 0) is 25.6 Å². The first-order chi connectivity index (χ1) is 10.2. The number of likely N-dealkylation sites (tertiary alicyclic amines) is 1. The van der Waals surface area contributed by atoms with Crippen molar-refractivity contribution < 1.29 is 23.8 Å². The predicted octanol–water partition coefficient (Wildman–Crippen LogP) is 1.34. The molecular weight excluding hydrogens is 274 g/mol. The quantitative estimate of drug-likeness (QED) is 0.618. The van der Waals surface area contributed by atoms with Crippen LogP contribution in [0, 0.1) is 0 Å². The Morgan fingerprint density at radius 1 is 1.29 bits per heavy atom. The highest BCUT2D eigenvalue weighted by Crippen LogP contribution is 2.37. The topological polar surface area (TPSA) is 68.4 Å². The van der Waals surface area contributed by atoms with Crippen LogP contribution in [0.15, 0.2) is 30.3 Å². The fourth-order valence-electron chi connectivity index (χ4n) is 2.55. The van der Waals surface area contributed by atoms with Crippen molar-refractivity contribution in [2.24, 2.45) is 0 Å². The van der Waals surface area contributed by atoms with Crippen LogP contribution in [0.1, 0.15) is 12.5 Å². The Kier molecular flexibility index (Phi) is 3.79. The van der Waals surface area contributed by atoms with Crippen LogP contribution in [-0.4, -0.2) is 48.4 Å². The van der Waals surface area contributed by atoms with Gasteiger partial charge in [-0.25, -0.2) is 9.59 Å². The van der Waals surface area contributed by atoms with Gasteiger partial charge in [0.2, 0.25) is 0 Å². The van der Waals surface area contributed by atoms with Crippen molar-refractivity contribution in [3.05, 3.63) is 35.9 Å². The van der Waals surface area contributed by atoms with E-state index in [0.717, 1.165) is 5.56 Å². The molecule has 1 amide bonds. The fraction of sp³-hybridized carbons (Fsp3) is 0.467. The average Bonchev–Trinajstić information content (AvgIpc) is 3.16. The number of carbonyl (C=O) groups is 2. The summed E-state index contributed by atoms with van der Waals surface area (Å²) in [7, 11) is 0. The Balaban J connectivity index is 1.60. The van der Waals surface area contributed by atoms with Gasteiger partial charge in [0.1, 0.15) is 18.8 Å². The van der Waals surface area contributed by atoms with E-state index >= 15 is 0 Å². The van der Waals surface area contributed by atoms with Gasteiger partial charge in [-0.3, -0.25) is 4.90 Å². The molecule has 0 aromatic heterocycles.